The standard InChI is InChI=1S/C27H19Cl2N3/c1-18(26-15-30-17-32(26)16-19-6-3-2-4-7-19)20-10-11-25-24(13-20)23(14-27(29)31-25)21-8-5-9-22(28)12-21/h2-15,17H,1,16H2. The predicted molar refractivity (Wildman–Crippen MR) is 133 cm³/mol. The number of benzene rings is 3. The fourth-order valence-electron chi connectivity index (χ4n) is 3.90. The smallest absolute Gasteiger partial charge is 0.130 e. The van der Waals surface area contributed by atoms with Crippen LogP contribution in [0.2, 0.25) is 10.2 Å². The molecule has 0 atom stereocenters. The van der Waals surface area contributed by atoms with Gasteiger partial charge in [-0.1, -0.05) is 78.3 Å². The summed E-state index contributed by atoms with van der Waals surface area (Å²) in [4.78, 5) is 8.88. The number of fused-ring (bicyclic) bond motifs is 1. The molecule has 0 spiro atoms. The van der Waals surface area contributed by atoms with Crippen LogP contribution in [0.5, 0.6) is 0 Å². The molecular weight excluding hydrogens is 437 g/mol. The van der Waals surface area contributed by atoms with E-state index in [9.17, 15) is 0 Å². The van der Waals surface area contributed by atoms with Gasteiger partial charge in [0.2, 0.25) is 0 Å². The SMILES string of the molecule is C=C(c1ccc2nc(Cl)cc(-c3cccc(Cl)c3)c2c1)c1cncn1Cc1ccccc1. The van der Waals surface area contributed by atoms with Crippen LogP contribution in [0.15, 0.2) is 98.0 Å². The normalized spacial score (nSPS) is 11.1. The third kappa shape index (κ3) is 4.05. The van der Waals surface area contributed by atoms with Gasteiger partial charge in [-0.3, -0.25) is 0 Å². The average Bonchev–Trinajstić information content (AvgIpc) is 3.26. The molecule has 3 nitrogen and oxygen atoms in total. The summed E-state index contributed by atoms with van der Waals surface area (Å²) in [6.45, 7) is 5.11. The molecule has 0 aliphatic carbocycles. The van der Waals surface area contributed by atoms with E-state index in [4.69, 9.17) is 23.2 Å². The largest absolute Gasteiger partial charge is 0.326 e. The van der Waals surface area contributed by atoms with Crippen LogP contribution in [0, 0.1) is 0 Å². The molecule has 156 valence electrons. The van der Waals surface area contributed by atoms with Gasteiger partial charge in [-0.15, -0.1) is 0 Å². The van der Waals surface area contributed by atoms with Crippen molar-refractivity contribution in [2.45, 2.75) is 6.54 Å². The maximum Gasteiger partial charge on any atom is 0.130 e. The van der Waals surface area contributed by atoms with Crippen LogP contribution in [0.4, 0.5) is 0 Å². The van der Waals surface area contributed by atoms with Crippen molar-refractivity contribution in [2.24, 2.45) is 0 Å². The Morgan fingerprint density at radius 2 is 1.75 bits per heavy atom. The Morgan fingerprint density at radius 1 is 0.906 bits per heavy atom. The summed E-state index contributed by atoms with van der Waals surface area (Å²) in [6, 6.07) is 26.0. The molecule has 0 fully saturated rings. The molecule has 0 radical (unpaired) electrons. The van der Waals surface area contributed by atoms with Crippen LogP contribution in [0.25, 0.3) is 27.6 Å². The lowest BCUT2D eigenvalue weighted by Gasteiger charge is -2.13. The van der Waals surface area contributed by atoms with Crippen molar-refractivity contribution >= 4 is 39.7 Å². The maximum absolute atomic E-state index is 6.32. The molecule has 0 unspecified atom stereocenters. The third-order valence-corrected chi connectivity index (χ3v) is 5.91. The van der Waals surface area contributed by atoms with E-state index in [1.807, 2.05) is 73.2 Å². The predicted octanol–water partition coefficient (Wildman–Crippen LogP) is 7.51. The first-order chi connectivity index (χ1) is 15.6. The lowest BCUT2D eigenvalue weighted by molar-refractivity contribution is 0.787. The van der Waals surface area contributed by atoms with Crippen LogP contribution in [0.3, 0.4) is 0 Å². The minimum atomic E-state index is 0.444. The van der Waals surface area contributed by atoms with Crippen molar-refractivity contribution in [1.29, 1.82) is 0 Å². The lowest BCUT2D eigenvalue weighted by atomic mass is 9.97. The van der Waals surface area contributed by atoms with Gasteiger partial charge in [-0.05, 0) is 58.2 Å². The Balaban J connectivity index is 1.57. The van der Waals surface area contributed by atoms with Gasteiger partial charge in [0.05, 0.1) is 23.7 Å². The fourth-order valence-corrected chi connectivity index (χ4v) is 4.29. The van der Waals surface area contributed by atoms with Gasteiger partial charge in [0.25, 0.3) is 0 Å². The maximum atomic E-state index is 6.32. The lowest BCUT2D eigenvalue weighted by Crippen LogP contribution is -2.03. The molecule has 0 saturated carbocycles. The van der Waals surface area contributed by atoms with Crippen molar-refractivity contribution in [3.8, 4) is 11.1 Å². The van der Waals surface area contributed by atoms with Crippen LogP contribution in [0.1, 0.15) is 16.8 Å². The Kier molecular flexibility index (Phi) is 5.52. The van der Waals surface area contributed by atoms with Gasteiger partial charge in [0.1, 0.15) is 5.15 Å². The molecule has 3 aromatic carbocycles. The second-order valence-corrected chi connectivity index (χ2v) is 8.43. The highest BCUT2D eigenvalue weighted by atomic mass is 35.5. The van der Waals surface area contributed by atoms with E-state index in [1.165, 1.54) is 5.56 Å². The zero-order valence-electron chi connectivity index (χ0n) is 17.2. The van der Waals surface area contributed by atoms with E-state index in [2.05, 4.69) is 39.3 Å². The van der Waals surface area contributed by atoms with E-state index < -0.39 is 0 Å². The Morgan fingerprint density at radius 3 is 2.56 bits per heavy atom. The van der Waals surface area contributed by atoms with E-state index in [-0.39, 0.29) is 0 Å². The summed E-state index contributed by atoms with van der Waals surface area (Å²) in [6.07, 6.45) is 3.70. The highest BCUT2D eigenvalue weighted by Crippen LogP contribution is 2.34. The first-order valence-corrected chi connectivity index (χ1v) is 10.9. The number of aromatic nitrogens is 3. The molecule has 2 aromatic heterocycles. The molecule has 5 rings (SSSR count). The molecule has 2 heterocycles. The first kappa shape index (κ1) is 20.5. The zero-order chi connectivity index (χ0) is 22.1. The molecule has 0 aliphatic heterocycles. The first-order valence-electron chi connectivity index (χ1n) is 10.2. The Bertz CT molecular complexity index is 1440. The summed E-state index contributed by atoms with van der Waals surface area (Å²) >= 11 is 12.6. The number of halogens is 2. The summed E-state index contributed by atoms with van der Waals surface area (Å²) in [5.74, 6) is 0. The molecular formula is C27H19Cl2N3. The third-order valence-electron chi connectivity index (χ3n) is 5.48. The minimum Gasteiger partial charge on any atom is -0.326 e. The van der Waals surface area contributed by atoms with Crippen molar-refractivity contribution < 1.29 is 0 Å². The topological polar surface area (TPSA) is 30.7 Å². The van der Waals surface area contributed by atoms with Gasteiger partial charge in [-0.25, -0.2) is 9.97 Å². The van der Waals surface area contributed by atoms with Crippen molar-refractivity contribution in [3.05, 3.63) is 125 Å². The van der Waals surface area contributed by atoms with Crippen LogP contribution in [-0.2, 0) is 6.54 Å². The molecule has 5 aromatic rings. The number of pyridine rings is 1. The second kappa shape index (κ2) is 8.62. The number of imidazole rings is 1. The molecule has 0 bridgehead atoms. The molecule has 0 amide bonds. The van der Waals surface area contributed by atoms with Crippen LogP contribution in [-0.4, -0.2) is 14.5 Å². The fraction of sp³-hybridized carbons (Fsp3) is 0.0370. The molecule has 0 saturated heterocycles. The van der Waals surface area contributed by atoms with Crippen molar-refractivity contribution in [2.75, 3.05) is 0 Å². The van der Waals surface area contributed by atoms with E-state index in [0.29, 0.717) is 10.2 Å². The number of rotatable bonds is 5. The summed E-state index contributed by atoms with van der Waals surface area (Å²) in [7, 11) is 0. The van der Waals surface area contributed by atoms with Crippen molar-refractivity contribution in [1.82, 2.24) is 14.5 Å². The van der Waals surface area contributed by atoms with E-state index in [1.54, 1.807) is 0 Å². The molecule has 0 aliphatic rings. The number of nitrogens with zero attached hydrogens (tertiary/aromatic N) is 3. The van der Waals surface area contributed by atoms with E-state index >= 15 is 0 Å². The Labute approximate surface area is 196 Å². The van der Waals surface area contributed by atoms with Gasteiger partial charge in [0, 0.05) is 17.0 Å². The minimum absolute atomic E-state index is 0.444. The highest BCUT2D eigenvalue weighted by Gasteiger charge is 2.13. The zero-order valence-corrected chi connectivity index (χ0v) is 18.7. The Hall–Kier alpha value is -3.40. The number of hydrogen-bond acceptors (Lipinski definition) is 2. The summed E-state index contributed by atoms with van der Waals surface area (Å²) in [5.41, 5.74) is 6.87. The van der Waals surface area contributed by atoms with Crippen molar-refractivity contribution in [3.63, 3.8) is 0 Å². The monoisotopic (exact) mass is 455 g/mol. The highest BCUT2D eigenvalue weighted by molar-refractivity contribution is 6.31. The molecule has 32 heavy (non-hydrogen) atoms. The summed E-state index contributed by atoms with van der Waals surface area (Å²) < 4.78 is 2.11. The van der Waals surface area contributed by atoms with Crippen LogP contribution < -0.4 is 0 Å². The van der Waals surface area contributed by atoms with Gasteiger partial charge < -0.3 is 4.57 Å². The second-order valence-electron chi connectivity index (χ2n) is 7.61. The molecule has 5 heteroatoms. The van der Waals surface area contributed by atoms with Gasteiger partial charge in [0.15, 0.2) is 0 Å². The average molecular weight is 456 g/mol. The van der Waals surface area contributed by atoms with Crippen LogP contribution >= 0.6 is 23.2 Å². The van der Waals surface area contributed by atoms with E-state index in [0.717, 1.165) is 45.4 Å². The quantitative estimate of drug-likeness (QED) is 0.256. The summed E-state index contributed by atoms with van der Waals surface area (Å²) in [5, 5.41) is 2.11. The van der Waals surface area contributed by atoms with Gasteiger partial charge >= 0.3 is 0 Å². The van der Waals surface area contributed by atoms with Gasteiger partial charge in [-0.2, -0.15) is 0 Å². The number of hydrogen-bond donors (Lipinski definition) is 0. The molecule has 0 N–H and O–H groups in total.